The number of hydrogen-bond donors (Lipinski definition) is 0. The van der Waals surface area contributed by atoms with Crippen molar-refractivity contribution in [2.75, 3.05) is 18.5 Å². The predicted octanol–water partition coefficient (Wildman–Crippen LogP) is 2.68. The van der Waals surface area contributed by atoms with Crippen molar-refractivity contribution in [3.8, 4) is 0 Å². The Labute approximate surface area is 85.7 Å². The van der Waals surface area contributed by atoms with Gasteiger partial charge in [0, 0.05) is 18.5 Å². The Hall–Kier alpha value is 1.07. The van der Waals surface area contributed by atoms with Crippen LogP contribution in [-0.2, 0) is 15.3 Å². The van der Waals surface area contributed by atoms with E-state index in [4.69, 9.17) is 10.7 Å². The molecule has 0 amide bonds. The third kappa shape index (κ3) is 3.29. The summed E-state index contributed by atoms with van der Waals surface area (Å²) < 4.78 is 27.9. The second-order valence-electron chi connectivity index (χ2n) is 2.70. The zero-order valence-corrected chi connectivity index (χ0v) is 11.2. The summed E-state index contributed by atoms with van der Waals surface area (Å²) in [6.45, 7) is 5.76. The molecule has 0 radical (unpaired) electrons. The molecule has 0 atom stereocenters. The van der Waals surface area contributed by atoms with Crippen molar-refractivity contribution >= 4 is 30.9 Å². The Morgan fingerprint density at radius 3 is 2.23 bits per heavy atom. The van der Waals surface area contributed by atoms with Crippen molar-refractivity contribution in [1.29, 1.82) is 0 Å². The molecule has 0 saturated carbocycles. The fourth-order valence-corrected chi connectivity index (χ4v) is 7.60. The van der Waals surface area contributed by atoms with Gasteiger partial charge in [0.2, 0.25) is 0 Å². The maximum Gasteiger partial charge on any atom is 0.920 e. The summed E-state index contributed by atoms with van der Waals surface area (Å²) >= 11 is -1.97. The average Bonchev–Trinajstić information content (AvgIpc) is 2.10. The molecule has 76 valence electrons. The lowest BCUT2D eigenvalue weighted by Crippen LogP contribution is -2.32. The summed E-state index contributed by atoms with van der Waals surface area (Å²) in [6, 6.07) is 0. The summed E-state index contributed by atoms with van der Waals surface area (Å²) in [5.74, 6) is 0. The van der Waals surface area contributed by atoms with Crippen LogP contribution < -0.4 is 0 Å². The van der Waals surface area contributed by atoms with E-state index in [2.05, 4.69) is 0 Å². The highest BCUT2D eigenvalue weighted by Gasteiger charge is 2.50. The van der Waals surface area contributed by atoms with Crippen LogP contribution in [0.4, 0.5) is 0 Å². The first-order valence-corrected chi connectivity index (χ1v) is 9.28. The van der Waals surface area contributed by atoms with E-state index in [1.165, 1.54) is 0 Å². The first kappa shape index (κ1) is 12.1. The van der Waals surface area contributed by atoms with Crippen LogP contribution in [0.2, 0.25) is 0 Å². The molecule has 4 nitrogen and oxygen atoms in total. The molecule has 1 aliphatic heterocycles. The van der Waals surface area contributed by atoms with Gasteiger partial charge >= 0.3 is 15.1 Å². The molecule has 0 N–H and O–H groups in total. The van der Waals surface area contributed by atoms with Gasteiger partial charge in [0.15, 0.2) is 7.37 Å². The first-order valence-electron chi connectivity index (χ1n) is 4.51. The first-order chi connectivity index (χ1) is 6.13. The molecule has 0 aromatic rings. The molecule has 1 aliphatic rings. The van der Waals surface area contributed by atoms with E-state index in [-0.39, 0.29) is 0 Å². The molecular weight excluding hydrogens is 225 g/mol. The van der Waals surface area contributed by atoms with Crippen LogP contribution >= 0.6 is 15.7 Å². The lowest BCUT2D eigenvalue weighted by Gasteiger charge is -2.32. The molecule has 0 bridgehead atoms. The van der Waals surface area contributed by atoms with E-state index in [0.717, 1.165) is 6.16 Å². The molecule has 0 aliphatic carbocycles. The van der Waals surface area contributed by atoms with Crippen molar-refractivity contribution < 1.29 is 15.3 Å². The summed E-state index contributed by atoms with van der Waals surface area (Å²) in [5, 5.41) is 0. The van der Waals surface area contributed by atoms with Gasteiger partial charge in [-0.1, -0.05) is 20.8 Å². The normalized spacial score (nSPS) is 18.8. The van der Waals surface area contributed by atoms with Gasteiger partial charge in [0.05, 0.1) is 0 Å². The van der Waals surface area contributed by atoms with Gasteiger partial charge in [-0.05, 0) is 0 Å². The molecule has 0 spiro atoms. The standard InChI is InChI=1S/C4H11O2P.C2H5O2P.Al/c1-3-7(5,6)4-2;1-2-5(3)4;/h3-4H2,1-2H3,(H,5,6);2H2,1H3;/q;-2;+3/p-1. The van der Waals surface area contributed by atoms with Crippen LogP contribution in [0.1, 0.15) is 20.8 Å². The van der Waals surface area contributed by atoms with E-state index >= 15 is 0 Å². The third-order valence-corrected chi connectivity index (χ3v) is 9.83. The van der Waals surface area contributed by atoms with Crippen LogP contribution in [0, 0.1) is 0 Å². The van der Waals surface area contributed by atoms with E-state index < -0.39 is 30.9 Å². The quantitative estimate of drug-likeness (QED) is 0.547. The minimum absolute atomic E-state index is 0.573. The SMILES string of the molecule is CCP1[O][Al]([O]P(=O)(CC)CC)[O]1. The molecule has 0 unspecified atom stereocenters. The summed E-state index contributed by atoms with van der Waals surface area (Å²) in [5.41, 5.74) is 0. The maximum absolute atomic E-state index is 11.8. The van der Waals surface area contributed by atoms with Gasteiger partial charge < -0.3 is 10.7 Å². The zero-order chi connectivity index (χ0) is 9.90. The zero-order valence-electron chi connectivity index (χ0n) is 8.23. The molecule has 1 fully saturated rings. The van der Waals surface area contributed by atoms with Crippen LogP contribution in [-0.4, -0.2) is 33.6 Å². The lowest BCUT2D eigenvalue weighted by atomic mass is 11.0. The molecule has 0 aromatic heterocycles. The Balaban J connectivity index is 2.30. The summed E-state index contributed by atoms with van der Waals surface area (Å²) in [7, 11) is -3.10. The number of rotatable bonds is 5. The van der Waals surface area contributed by atoms with E-state index in [1.807, 2.05) is 20.8 Å². The van der Waals surface area contributed by atoms with Crippen LogP contribution in [0.25, 0.3) is 0 Å². The Bertz CT molecular complexity index is 199. The third-order valence-electron chi connectivity index (χ3n) is 1.91. The second kappa shape index (κ2) is 5.24. The molecule has 1 rings (SSSR count). The van der Waals surface area contributed by atoms with E-state index in [0.29, 0.717) is 12.3 Å². The minimum atomic E-state index is -2.42. The molecule has 1 saturated heterocycles. The van der Waals surface area contributed by atoms with E-state index in [1.54, 1.807) is 0 Å². The Morgan fingerprint density at radius 1 is 1.31 bits per heavy atom. The smallest absolute Gasteiger partial charge is 0.413 e. The Morgan fingerprint density at radius 2 is 1.85 bits per heavy atom. The molecule has 13 heavy (non-hydrogen) atoms. The van der Waals surface area contributed by atoms with Crippen molar-refractivity contribution in [2.24, 2.45) is 0 Å². The highest BCUT2D eigenvalue weighted by molar-refractivity contribution is 7.61. The maximum atomic E-state index is 11.8. The lowest BCUT2D eigenvalue weighted by molar-refractivity contribution is 0.250. The second-order valence-corrected chi connectivity index (χ2v) is 10.00. The summed E-state index contributed by atoms with van der Waals surface area (Å²) in [4.78, 5) is 0. The van der Waals surface area contributed by atoms with Gasteiger partial charge in [-0.15, -0.1) is 0 Å². The molecule has 7 heteroatoms. The topological polar surface area (TPSA) is 44.8 Å². The average molecular weight is 240 g/mol. The van der Waals surface area contributed by atoms with Crippen LogP contribution in [0.5, 0.6) is 0 Å². The molecule has 0 aromatic carbocycles. The van der Waals surface area contributed by atoms with Gasteiger partial charge in [-0.2, -0.15) is 0 Å². The van der Waals surface area contributed by atoms with Crippen molar-refractivity contribution in [3.63, 3.8) is 0 Å². The fraction of sp³-hybridized carbons (Fsp3) is 1.00. The summed E-state index contributed by atoms with van der Waals surface area (Å²) in [6.07, 6.45) is 2.04. The monoisotopic (exact) mass is 240 g/mol. The molecular formula is C6H15AlO4P2. The fourth-order valence-electron chi connectivity index (χ4n) is 0.917. The largest absolute Gasteiger partial charge is 0.920 e. The highest BCUT2D eigenvalue weighted by atomic mass is 31.2. The van der Waals surface area contributed by atoms with Crippen molar-refractivity contribution in [2.45, 2.75) is 20.8 Å². The molecule has 1 heterocycles. The van der Waals surface area contributed by atoms with Gasteiger partial charge in [0.1, 0.15) is 8.38 Å². The van der Waals surface area contributed by atoms with Gasteiger partial charge in [0.25, 0.3) is 0 Å². The van der Waals surface area contributed by atoms with Gasteiger partial charge in [-0.3, -0.25) is 4.57 Å². The van der Waals surface area contributed by atoms with E-state index in [9.17, 15) is 4.57 Å². The minimum Gasteiger partial charge on any atom is -0.413 e. The van der Waals surface area contributed by atoms with Crippen LogP contribution in [0.15, 0.2) is 0 Å². The van der Waals surface area contributed by atoms with Gasteiger partial charge in [-0.25, -0.2) is 0 Å². The van der Waals surface area contributed by atoms with Crippen molar-refractivity contribution in [1.82, 2.24) is 0 Å². The van der Waals surface area contributed by atoms with Crippen molar-refractivity contribution in [3.05, 3.63) is 0 Å². The van der Waals surface area contributed by atoms with Crippen LogP contribution in [0.3, 0.4) is 0 Å². The number of hydrogen-bond acceptors (Lipinski definition) is 4. The Kier molecular flexibility index (Phi) is 4.89. The highest BCUT2D eigenvalue weighted by Crippen LogP contribution is 2.55. The predicted molar refractivity (Wildman–Crippen MR) is 55.2 cm³/mol.